The fourth-order valence-corrected chi connectivity index (χ4v) is 1.92. The fraction of sp³-hybridized carbons (Fsp3) is 0.769. The summed E-state index contributed by atoms with van der Waals surface area (Å²) in [6.45, 7) is 10.9. The van der Waals surface area contributed by atoms with Crippen LogP contribution in [-0.2, 0) is 4.79 Å². The van der Waals surface area contributed by atoms with Crippen molar-refractivity contribution in [3.05, 3.63) is 0 Å². The van der Waals surface area contributed by atoms with E-state index in [9.17, 15) is 4.79 Å². The fourth-order valence-electron chi connectivity index (χ4n) is 1.92. The highest BCUT2D eigenvalue weighted by Gasteiger charge is 2.29. The van der Waals surface area contributed by atoms with Gasteiger partial charge in [-0.05, 0) is 31.6 Å². The van der Waals surface area contributed by atoms with E-state index >= 15 is 0 Å². The van der Waals surface area contributed by atoms with Gasteiger partial charge in [-0.25, -0.2) is 0 Å². The Balaban J connectivity index is 0. The van der Waals surface area contributed by atoms with Crippen molar-refractivity contribution < 1.29 is 4.79 Å². The summed E-state index contributed by atoms with van der Waals surface area (Å²) < 4.78 is 0. The van der Waals surface area contributed by atoms with E-state index in [-0.39, 0.29) is 14.3 Å². The number of likely N-dealkylation sites (tertiary alicyclic amines) is 1. The molecule has 89 valence electrons. The molecule has 1 aliphatic rings. The van der Waals surface area contributed by atoms with Crippen molar-refractivity contribution in [2.24, 2.45) is 5.92 Å². The first-order valence-corrected chi connectivity index (χ1v) is 5.90. The van der Waals surface area contributed by atoms with Gasteiger partial charge in [-0.3, -0.25) is 4.79 Å². The first-order chi connectivity index (χ1) is 7.16. The number of amides is 1. The van der Waals surface area contributed by atoms with E-state index in [1.807, 2.05) is 18.7 Å². The Morgan fingerprint density at radius 2 is 1.94 bits per heavy atom. The van der Waals surface area contributed by atoms with Crippen LogP contribution in [0.2, 0.25) is 0 Å². The maximum absolute atomic E-state index is 11.5. The second-order valence-corrected chi connectivity index (χ2v) is 3.83. The Morgan fingerprint density at radius 3 is 2.38 bits per heavy atom. The molecule has 1 atom stereocenters. The number of nitrogens with zero attached hydrogens (tertiary/aromatic N) is 1. The van der Waals surface area contributed by atoms with Gasteiger partial charge in [0.2, 0.25) is 0 Å². The highest BCUT2D eigenvalue weighted by atomic mass is 16.2. The normalized spacial score (nSPS) is 17.9. The van der Waals surface area contributed by atoms with Crippen molar-refractivity contribution >= 4 is 14.3 Å². The molecule has 0 aromatic heterocycles. The minimum atomic E-state index is -0.00120. The monoisotopic (exact) mass is 220 g/mol. The van der Waals surface area contributed by atoms with E-state index in [4.69, 9.17) is 0 Å². The van der Waals surface area contributed by atoms with E-state index < -0.39 is 0 Å². The summed E-state index contributed by atoms with van der Waals surface area (Å²) in [7, 11) is 0. The highest BCUT2D eigenvalue weighted by Crippen LogP contribution is 2.23. The Hall–Kier alpha value is -0.905. The van der Waals surface area contributed by atoms with E-state index in [0.29, 0.717) is 12.0 Å². The standard InChI is InChI=1S/C11H17NO.C2H6.B/c1-4-6-11(13)12-8-5-7-10(12)9(2)3;1-2;/h9-10H,5,7-8H2,1-3H3;1-2H3;. The Bertz CT molecular complexity index is 252. The first-order valence-electron chi connectivity index (χ1n) is 5.90. The molecule has 0 bridgehead atoms. The zero-order chi connectivity index (χ0) is 11.8. The van der Waals surface area contributed by atoms with E-state index in [2.05, 4.69) is 25.7 Å². The molecular formula is C13H23BNO. The summed E-state index contributed by atoms with van der Waals surface area (Å²) in [5.41, 5.74) is 0. The van der Waals surface area contributed by atoms with E-state index in [0.717, 1.165) is 19.4 Å². The van der Waals surface area contributed by atoms with Crippen LogP contribution in [0.4, 0.5) is 0 Å². The second-order valence-electron chi connectivity index (χ2n) is 3.83. The third-order valence-electron chi connectivity index (χ3n) is 2.56. The first kappa shape index (κ1) is 17.5. The lowest BCUT2D eigenvalue weighted by Gasteiger charge is -2.25. The highest BCUT2D eigenvalue weighted by molar-refractivity contribution is 5.93. The minimum absolute atomic E-state index is 0. The summed E-state index contributed by atoms with van der Waals surface area (Å²) in [6.07, 6.45) is 2.26. The molecule has 1 saturated heterocycles. The summed E-state index contributed by atoms with van der Waals surface area (Å²) >= 11 is 0. The van der Waals surface area contributed by atoms with Crippen LogP contribution in [0.25, 0.3) is 0 Å². The molecule has 0 N–H and O–H groups in total. The van der Waals surface area contributed by atoms with Crippen molar-refractivity contribution in [3.63, 3.8) is 0 Å². The molecule has 1 unspecified atom stereocenters. The van der Waals surface area contributed by atoms with Gasteiger partial charge in [0, 0.05) is 21.0 Å². The van der Waals surface area contributed by atoms with Crippen LogP contribution in [0.1, 0.15) is 47.5 Å². The van der Waals surface area contributed by atoms with Crippen LogP contribution >= 0.6 is 0 Å². The maximum atomic E-state index is 11.5. The average molecular weight is 220 g/mol. The van der Waals surface area contributed by atoms with Crippen LogP contribution in [0, 0.1) is 17.8 Å². The number of hydrogen-bond donors (Lipinski definition) is 0. The molecule has 3 heteroatoms. The largest absolute Gasteiger partial charge is 0.329 e. The molecule has 3 radical (unpaired) electrons. The molecule has 1 fully saturated rings. The molecule has 1 amide bonds. The molecule has 0 spiro atoms. The van der Waals surface area contributed by atoms with Gasteiger partial charge in [0.05, 0.1) is 0 Å². The molecule has 0 aliphatic carbocycles. The zero-order valence-corrected chi connectivity index (χ0v) is 11.2. The van der Waals surface area contributed by atoms with Crippen LogP contribution in [-0.4, -0.2) is 31.8 Å². The summed E-state index contributed by atoms with van der Waals surface area (Å²) in [5, 5.41) is 0. The van der Waals surface area contributed by atoms with Gasteiger partial charge >= 0.3 is 0 Å². The summed E-state index contributed by atoms with van der Waals surface area (Å²) in [5.74, 6) is 5.82. The van der Waals surface area contributed by atoms with Crippen molar-refractivity contribution in [2.45, 2.75) is 53.5 Å². The summed E-state index contributed by atoms with van der Waals surface area (Å²) in [4.78, 5) is 13.4. The number of carbonyl (C=O) groups is 1. The Morgan fingerprint density at radius 1 is 1.38 bits per heavy atom. The van der Waals surface area contributed by atoms with Crippen molar-refractivity contribution in [1.82, 2.24) is 4.90 Å². The second kappa shape index (κ2) is 9.33. The van der Waals surface area contributed by atoms with Gasteiger partial charge < -0.3 is 4.90 Å². The molecular weight excluding hydrogens is 197 g/mol. The van der Waals surface area contributed by atoms with Gasteiger partial charge in [-0.2, -0.15) is 0 Å². The molecule has 1 heterocycles. The van der Waals surface area contributed by atoms with Gasteiger partial charge in [-0.1, -0.05) is 33.6 Å². The van der Waals surface area contributed by atoms with Crippen LogP contribution < -0.4 is 0 Å². The quantitative estimate of drug-likeness (QED) is 0.490. The Kier molecular flexibility index (Phi) is 10.2. The minimum Gasteiger partial charge on any atom is -0.329 e. The van der Waals surface area contributed by atoms with E-state index in [1.54, 1.807) is 6.92 Å². The molecule has 1 rings (SSSR count). The Labute approximate surface area is 102 Å². The summed E-state index contributed by atoms with van der Waals surface area (Å²) in [6, 6.07) is 0.411. The van der Waals surface area contributed by atoms with Crippen LogP contribution in [0.3, 0.4) is 0 Å². The van der Waals surface area contributed by atoms with Crippen LogP contribution in [0.5, 0.6) is 0 Å². The molecule has 2 nitrogen and oxygen atoms in total. The third-order valence-corrected chi connectivity index (χ3v) is 2.56. The van der Waals surface area contributed by atoms with Gasteiger partial charge in [0.25, 0.3) is 5.91 Å². The number of rotatable bonds is 1. The predicted molar refractivity (Wildman–Crippen MR) is 70.1 cm³/mol. The molecule has 16 heavy (non-hydrogen) atoms. The smallest absolute Gasteiger partial charge is 0.298 e. The molecule has 0 saturated carbocycles. The zero-order valence-electron chi connectivity index (χ0n) is 11.2. The van der Waals surface area contributed by atoms with Gasteiger partial charge in [-0.15, -0.1) is 0 Å². The van der Waals surface area contributed by atoms with Crippen molar-refractivity contribution in [3.8, 4) is 11.8 Å². The van der Waals surface area contributed by atoms with Crippen LogP contribution in [0.15, 0.2) is 0 Å². The van der Waals surface area contributed by atoms with Gasteiger partial charge in [0.1, 0.15) is 0 Å². The third kappa shape index (κ3) is 4.74. The van der Waals surface area contributed by atoms with Crippen molar-refractivity contribution in [1.29, 1.82) is 0 Å². The topological polar surface area (TPSA) is 20.3 Å². The van der Waals surface area contributed by atoms with E-state index in [1.165, 1.54) is 0 Å². The molecule has 0 aromatic carbocycles. The lowest BCUT2D eigenvalue weighted by molar-refractivity contribution is -0.126. The predicted octanol–water partition coefficient (Wildman–Crippen LogP) is 2.30. The maximum Gasteiger partial charge on any atom is 0.298 e. The van der Waals surface area contributed by atoms with Crippen molar-refractivity contribution in [2.75, 3.05) is 6.54 Å². The SMILES string of the molecule is CC.CC#CC(=O)N1CCCC1C(C)C.[B]. The lowest BCUT2D eigenvalue weighted by atomic mass is 10.0. The lowest BCUT2D eigenvalue weighted by Crippen LogP contribution is -2.37. The molecule has 1 aliphatic heterocycles. The number of hydrogen-bond acceptors (Lipinski definition) is 1. The number of carbonyl (C=O) groups excluding carboxylic acids is 1. The average Bonchev–Trinajstić information content (AvgIpc) is 2.69. The van der Waals surface area contributed by atoms with Gasteiger partial charge in [0.15, 0.2) is 0 Å². The molecule has 0 aromatic rings.